The van der Waals surface area contributed by atoms with Crippen molar-refractivity contribution >= 4 is 57.7 Å². The van der Waals surface area contributed by atoms with Gasteiger partial charge in [0.1, 0.15) is 18.4 Å². The molecule has 2 fully saturated rings. The first kappa shape index (κ1) is 32.0. The van der Waals surface area contributed by atoms with Crippen molar-refractivity contribution in [3.63, 3.8) is 0 Å². The minimum absolute atomic E-state index is 0.0186. The molecule has 2 aliphatic heterocycles. The maximum atomic E-state index is 13.2. The van der Waals surface area contributed by atoms with Crippen molar-refractivity contribution in [3.8, 4) is 0 Å². The Balaban J connectivity index is 1.37. The zero-order valence-corrected chi connectivity index (χ0v) is 26.0. The molecule has 5 atom stereocenters. The van der Waals surface area contributed by atoms with Crippen LogP contribution in [0, 0.1) is 11.3 Å². The number of phosphoric ester groups is 1. The molecule has 0 bridgehead atoms. The molecule has 4 heterocycles. The monoisotopic (exact) mass is 637 g/mol. The minimum atomic E-state index is -3.91. The van der Waals surface area contributed by atoms with Gasteiger partial charge in [0.2, 0.25) is 16.0 Å². The molecular formula is C22H36N7O9PS2. The Kier molecular flexibility index (Phi) is 9.98. The number of aromatic nitrogens is 4. The second-order valence-electron chi connectivity index (χ2n) is 10.4. The summed E-state index contributed by atoms with van der Waals surface area (Å²) < 4.78 is 66.3. The highest BCUT2D eigenvalue weighted by molar-refractivity contribution is 8.13. The van der Waals surface area contributed by atoms with Crippen molar-refractivity contribution in [2.45, 2.75) is 52.6 Å². The third-order valence-corrected chi connectivity index (χ3v) is 9.42. The third kappa shape index (κ3) is 7.74. The molecule has 2 unspecified atom stereocenters. The van der Waals surface area contributed by atoms with E-state index in [1.54, 1.807) is 4.57 Å². The van der Waals surface area contributed by atoms with Gasteiger partial charge in [0.15, 0.2) is 22.1 Å². The van der Waals surface area contributed by atoms with Crippen LogP contribution >= 0.6 is 19.6 Å². The highest BCUT2D eigenvalue weighted by atomic mass is 32.2. The summed E-state index contributed by atoms with van der Waals surface area (Å²) in [7, 11) is -7.49. The van der Waals surface area contributed by atoms with Gasteiger partial charge in [-0.1, -0.05) is 25.6 Å². The number of nitrogens with two attached hydrogens (primary N) is 1. The maximum absolute atomic E-state index is 13.2. The number of thioether (sulfide) groups is 1. The number of phosphoric acid groups is 1. The first-order valence-electron chi connectivity index (χ1n) is 12.9. The van der Waals surface area contributed by atoms with E-state index < -0.39 is 41.7 Å². The Morgan fingerprint density at radius 3 is 2.80 bits per heavy atom. The standard InChI is InChI=1S/C22H36N7O9PS2/c1-6-7-34-11-22(3,4)20(30)40-9-8-35-39(31)36-10-14-16(38-39)13(2)19(37-14)29-12-24-15-17(27-28-41(5,32)33)25-21(23)26-18(15)29/h12-14,16,19,28H,6-11H2,1-5H3,(H3,23,25,26,27)/t13-,14?,16-,19+,39?/m0/s1. The number of carbonyl (C=O) groups excluding carboxylic acids is 1. The summed E-state index contributed by atoms with van der Waals surface area (Å²) in [6.45, 7) is 8.35. The van der Waals surface area contributed by atoms with Gasteiger partial charge in [0.05, 0.1) is 37.8 Å². The van der Waals surface area contributed by atoms with E-state index in [1.807, 2.05) is 27.7 Å². The average molecular weight is 638 g/mol. The predicted molar refractivity (Wildman–Crippen MR) is 151 cm³/mol. The van der Waals surface area contributed by atoms with Crippen molar-refractivity contribution in [2.24, 2.45) is 11.3 Å². The van der Waals surface area contributed by atoms with Gasteiger partial charge in [-0.25, -0.2) is 18.0 Å². The molecule has 230 valence electrons. The number of rotatable bonds is 13. The lowest BCUT2D eigenvalue weighted by molar-refractivity contribution is -0.121. The second kappa shape index (κ2) is 12.8. The molecule has 19 heteroatoms. The second-order valence-corrected chi connectivity index (χ2v) is 14.8. The summed E-state index contributed by atoms with van der Waals surface area (Å²) in [6, 6.07) is 0. The van der Waals surface area contributed by atoms with Gasteiger partial charge < -0.3 is 15.2 Å². The molecule has 16 nitrogen and oxygen atoms in total. The number of anilines is 2. The average Bonchev–Trinajstić information content (AvgIpc) is 3.45. The number of hydrogen-bond donors (Lipinski definition) is 3. The van der Waals surface area contributed by atoms with Gasteiger partial charge in [0, 0.05) is 18.3 Å². The van der Waals surface area contributed by atoms with Crippen LogP contribution in [-0.4, -0.2) is 83.7 Å². The van der Waals surface area contributed by atoms with Crippen LogP contribution in [0.2, 0.25) is 0 Å². The number of nitrogens with zero attached hydrogens (tertiary/aromatic N) is 4. The van der Waals surface area contributed by atoms with Crippen LogP contribution in [0.15, 0.2) is 6.33 Å². The molecule has 0 saturated carbocycles. The van der Waals surface area contributed by atoms with E-state index in [0.717, 1.165) is 24.4 Å². The van der Waals surface area contributed by atoms with E-state index in [9.17, 15) is 17.8 Å². The van der Waals surface area contributed by atoms with Gasteiger partial charge >= 0.3 is 7.82 Å². The van der Waals surface area contributed by atoms with Crippen molar-refractivity contribution in [2.75, 3.05) is 49.6 Å². The molecule has 2 saturated heterocycles. The van der Waals surface area contributed by atoms with E-state index in [-0.39, 0.29) is 52.9 Å². The molecule has 4 N–H and O–H groups in total. The number of hydrazine groups is 1. The molecule has 0 aliphatic carbocycles. The molecule has 41 heavy (non-hydrogen) atoms. The van der Waals surface area contributed by atoms with Gasteiger partial charge in [0.25, 0.3) is 0 Å². The number of nitrogens with one attached hydrogen (secondary N) is 2. The van der Waals surface area contributed by atoms with Crippen LogP contribution in [0.3, 0.4) is 0 Å². The zero-order chi connectivity index (χ0) is 30.0. The lowest BCUT2D eigenvalue weighted by atomic mass is 9.97. The molecule has 0 aromatic carbocycles. The quantitative estimate of drug-likeness (QED) is 0.163. The van der Waals surface area contributed by atoms with Gasteiger partial charge in [-0.05, 0) is 20.3 Å². The summed E-state index contributed by atoms with van der Waals surface area (Å²) in [4.78, 5) is 27.3. The fourth-order valence-electron chi connectivity index (χ4n) is 4.27. The molecule has 2 aromatic rings. The summed E-state index contributed by atoms with van der Waals surface area (Å²) in [5, 5.41) is -0.0517. The van der Waals surface area contributed by atoms with Crippen LogP contribution in [0.1, 0.15) is 40.3 Å². The maximum Gasteiger partial charge on any atom is 0.475 e. The number of hydrogen-bond acceptors (Lipinski definition) is 15. The summed E-state index contributed by atoms with van der Waals surface area (Å²) in [5.74, 6) is -0.140. The number of sulfonamides is 1. The Bertz CT molecular complexity index is 1410. The summed E-state index contributed by atoms with van der Waals surface area (Å²) >= 11 is 1.08. The lowest BCUT2D eigenvalue weighted by Gasteiger charge is -2.31. The number of fused-ring (bicyclic) bond motifs is 2. The van der Waals surface area contributed by atoms with Gasteiger partial charge in [-0.2, -0.15) is 9.97 Å². The normalized spacial score (nSPS) is 26.8. The Morgan fingerprint density at radius 2 is 2.10 bits per heavy atom. The molecule has 0 spiro atoms. The van der Waals surface area contributed by atoms with Crippen LogP contribution < -0.4 is 16.0 Å². The van der Waals surface area contributed by atoms with Crippen LogP contribution in [0.25, 0.3) is 11.2 Å². The minimum Gasteiger partial charge on any atom is -0.380 e. The Hall–Kier alpha value is -1.89. The molecular weight excluding hydrogens is 601 g/mol. The van der Waals surface area contributed by atoms with E-state index in [4.69, 9.17) is 28.8 Å². The number of imidazole rings is 1. The van der Waals surface area contributed by atoms with Crippen molar-refractivity contribution < 1.29 is 40.8 Å². The molecule has 0 amide bonds. The number of ether oxygens (including phenoxy) is 2. The number of carbonyl (C=O) groups is 1. The third-order valence-electron chi connectivity index (χ3n) is 6.29. The SMILES string of the molecule is CCCOCC(C)(C)C(=O)SCCOP1(=O)OCC2O[C@@H](n3cnc4c(NNS(C)(=O)=O)nc(N)nc43)[C@@H](C)[C@@H]2O1. The Labute approximate surface area is 242 Å². The first-order chi connectivity index (χ1) is 19.2. The predicted octanol–water partition coefficient (Wildman–Crippen LogP) is 2.07. The molecule has 4 rings (SSSR count). The van der Waals surface area contributed by atoms with Gasteiger partial charge in [-0.15, -0.1) is 4.83 Å². The van der Waals surface area contributed by atoms with Crippen LogP contribution in [-0.2, 0) is 42.4 Å². The van der Waals surface area contributed by atoms with Crippen LogP contribution in [0.5, 0.6) is 0 Å². The van der Waals surface area contributed by atoms with E-state index in [1.165, 1.54) is 6.33 Å². The highest BCUT2D eigenvalue weighted by Gasteiger charge is 2.52. The fourth-order valence-corrected chi connectivity index (χ4v) is 6.94. The lowest BCUT2D eigenvalue weighted by Crippen LogP contribution is -2.36. The Morgan fingerprint density at radius 1 is 1.34 bits per heavy atom. The zero-order valence-electron chi connectivity index (χ0n) is 23.4. The summed E-state index contributed by atoms with van der Waals surface area (Å²) in [5.41, 5.74) is 8.22. The van der Waals surface area contributed by atoms with E-state index in [2.05, 4.69) is 25.2 Å². The van der Waals surface area contributed by atoms with Gasteiger partial charge in [-0.3, -0.25) is 28.4 Å². The molecule has 0 radical (unpaired) electrons. The smallest absolute Gasteiger partial charge is 0.380 e. The first-order valence-corrected chi connectivity index (χ1v) is 17.3. The fraction of sp³-hybridized carbons (Fsp3) is 0.727. The topological polar surface area (TPSA) is 208 Å². The molecule has 2 aliphatic rings. The van der Waals surface area contributed by atoms with Crippen molar-refractivity contribution in [3.05, 3.63) is 6.33 Å². The molecule has 2 aromatic heterocycles. The highest BCUT2D eigenvalue weighted by Crippen LogP contribution is 2.58. The van der Waals surface area contributed by atoms with E-state index in [0.29, 0.717) is 13.2 Å². The van der Waals surface area contributed by atoms with Crippen molar-refractivity contribution in [1.29, 1.82) is 0 Å². The largest absolute Gasteiger partial charge is 0.475 e. The van der Waals surface area contributed by atoms with Crippen molar-refractivity contribution in [1.82, 2.24) is 24.4 Å². The summed E-state index contributed by atoms with van der Waals surface area (Å²) in [6.07, 6.45) is 1.47. The van der Waals surface area contributed by atoms with E-state index >= 15 is 0 Å². The number of nitrogen functional groups attached to an aromatic ring is 1. The van der Waals surface area contributed by atoms with Crippen LogP contribution in [0.4, 0.5) is 11.8 Å².